The van der Waals surface area contributed by atoms with E-state index >= 15 is 0 Å². The predicted molar refractivity (Wildman–Crippen MR) is 89.1 cm³/mol. The van der Waals surface area contributed by atoms with E-state index < -0.39 is 0 Å². The van der Waals surface area contributed by atoms with Gasteiger partial charge in [-0.15, -0.1) is 0 Å². The Morgan fingerprint density at radius 2 is 2.20 bits per heavy atom. The highest BCUT2D eigenvalue weighted by molar-refractivity contribution is 5.90. The number of rotatable bonds is 4. The fourth-order valence-electron chi connectivity index (χ4n) is 3.64. The highest BCUT2D eigenvalue weighted by Crippen LogP contribution is 2.41. The van der Waals surface area contributed by atoms with Crippen LogP contribution in [0.25, 0.3) is 0 Å². The predicted octanol–water partition coefficient (Wildman–Crippen LogP) is 1.57. The molecule has 2 atom stereocenters. The molecule has 4 heterocycles. The lowest BCUT2D eigenvalue weighted by molar-refractivity contribution is -0.0328. The van der Waals surface area contributed by atoms with E-state index in [0.717, 1.165) is 18.6 Å². The van der Waals surface area contributed by atoms with E-state index in [4.69, 9.17) is 9.47 Å². The zero-order chi connectivity index (χ0) is 17.1. The topological polar surface area (TPSA) is 77.4 Å². The molecular formula is C18H20N4O3. The van der Waals surface area contributed by atoms with Crippen molar-refractivity contribution in [3.63, 3.8) is 0 Å². The first-order valence-corrected chi connectivity index (χ1v) is 8.48. The molecule has 0 N–H and O–H groups in total. The summed E-state index contributed by atoms with van der Waals surface area (Å²) in [6.07, 6.45) is 8.38. The fraction of sp³-hybridized carbons (Fsp3) is 0.444. The summed E-state index contributed by atoms with van der Waals surface area (Å²) in [7, 11) is 0. The van der Waals surface area contributed by atoms with Crippen molar-refractivity contribution < 1.29 is 14.3 Å². The molecule has 2 aliphatic rings. The van der Waals surface area contributed by atoms with Gasteiger partial charge in [0.05, 0.1) is 24.3 Å². The minimum atomic E-state index is -0.196. The first-order chi connectivity index (χ1) is 12.3. The number of amides is 1. The van der Waals surface area contributed by atoms with Gasteiger partial charge in [0.15, 0.2) is 0 Å². The van der Waals surface area contributed by atoms with Crippen molar-refractivity contribution in [3.05, 3.63) is 48.8 Å². The molecule has 0 aromatic carbocycles. The third-order valence-electron chi connectivity index (χ3n) is 4.97. The average Bonchev–Trinajstić information content (AvgIpc) is 3.11. The molecule has 25 heavy (non-hydrogen) atoms. The minimum absolute atomic E-state index is 0.116. The monoisotopic (exact) mass is 340 g/mol. The Bertz CT molecular complexity index is 728. The number of aromatic nitrogens is 3. The maximum absolute atomic E-state index is 12.7. The van der Waals surface area contributed by atoms with Gasteiger partial charge in [0, 0.05) is 38.3 Å². The lowest BCUT2D eigenvalue weighted by atomic mass is 9.77. The first-order valence-electron chi connectivity index (χ1n) is 8.48. The van der Waals surface area contributed by atoms with Crippen LogP contribution >= 0.6 is 0 Å². The van der Waals surface area contributed by atoms with E-state index in [0.29, 0.717) is 26.3 Å². The van der Waals surface area contributed by atoms with Gasteiger partial charge in [0.1, 0.15) is 5.75 Å². The van der Waals surface area contributed by atoms with Crippen molar-refractivity contribution in [2.75, 3.05) is 26.3 Å². The summed E-state index contributed by atoms with van der Waals surface area (Å²) in [6, 6.07) is 5.44. The normalized spacial score (nSPS) is 25.4. The van der Waals surface area contributed by atoms with Gasteiger partial charge in [0.25, 0.3) is 5.91 Å². The van der Waals surface area contributed by atoms with Crippen molar-refractivity contribution in [1.82, 2.24) is 19.9 Å². The number of likely N-dealkylation sites (tertiary alicyclic amines) is 1. The Balaban J connectivity index is 1.50. The third-order valence-corrected chi connectivity index (χ3v) is 4.97. The van der Waals surface area contributed by atoms with E-state index in [1.807, 2.05) is 17.0 Å². The molecule has 0 saturated carbocycles. The lowest BCUT2D eigenvalue weighted by Gasteiger charge is -2.43. The summed E-state index contributed by atoms with van der Waals surface area (Å²) in [6.45, 7) is 2.44. The summed E-state index contributed by atoms with van der Waals surface area (Å²) in [5.74, 6) is 0.840. The van der Waals surface area contributed by atoms with Gasteiger partial charge >= 0.3 is 0 Å². The highest BCUT2D eigenvalue weighted by Gasteiger charge is 2.49. The zero-order valence-electron chi connectivity index (χ0n) is 13.9. The minimum Gasteiger partial charge on any atom is -0.491 e. The number of carbonyl (C=O) groups excluding carboxylic acids is 1. The van der Waals surface area contributed by atoms with E-state index in [-0.39, 0.29) is 23.3 Å². The van der Waals surface area contributed by atoms with Crippen molar-refractivity contribution in [1.29, 1.82) is 0 Å². The molecule has 2 saturated heterocycles. The summed E-state index contributed by atoms with van der Waals surface area (Å²) >= 11 is 0. The molecule has 2 aliphatic heterocycles. The van der Waals surface area contributed by atoms with Gasteiger partial charge in [0.2, 0.25) is 5.82 Å². The average molecular weight is 340 g/mol. The van der Waals surface area contributed by atoms with Gasteiger partial charge in [-0.1, -0.05) is 0 Å². The number of hydrogen-bond acceptors (Lipinski definition) is 6. The Morgan fingerprint density at radius 3 is 3.00 bits per heavy atom. The molecule has 2 fully saturated rings. The number of carbonyl (C=O) groups is 1. The number of fused-ring (bicyclic) bond motifs is 1. The Hall–Kier alpha value is -2.54. The van der Waals surface area contributed by atoms with E-state index in [1.165, 1.54) is 0 Å². The van der Waals surface area contributed by atoms with Crippen LogP contribution in [-0.2, 0) is 4.74 Å². The fourth-order valence-corrected chi connectivity index (χ4v) is 3.64. The van der Waals surface area contributed by atoms with Crippen LogP contribution in [0.4, 0.5) is 0 Å². The molecule has 7 nitrogen and oxygen atoms in total. The Labute approximate surface area is 146 Å². The second kappa shape index (κ2) is 6.76. The molecule has 130 valence electrons. The number of piperidine rings is 1. The van der Waals surface area contributed by atoms with E-state index in [1.54, 1.807) is 30.9 Å². The van der Waals surface area contributed by atoms with Gasteiger partial charge in [-0.05, 0) is 31.0 Å². The Kier molecular flexibility index (Phi) is 4.31. The molecule has 1 amide bonds. The van der Waals surface area contributed by atoms with Crippen molar-refractivity contribution in [3.8, 4) is 5.75 Å². The zero-order valence-corrected chi connectivity index (χ0v) is 13.9. The quantitative estimate of drug-likeness (QED) is 0.841. The maximum atomic E-state index is 12.7. The van der Waals surface area contributed by atoms with Gasteiger partial charge < -0.3 is 14.4 Å². The van der Waals surface area contributed by atoms with Crippen LogP contribution in [0.15, 0.2) is 43.0 Å². The lowest BCUT2D eigenvalue weighted by Crippen LogP contribution is -2.54. The van der Waals surface area contributed by atoms with Crippen LogP contribution in [0.1, 0.15) is 23.5 Å². The Morgan fingerprint density at radius 1 is 1.32 bits per heavy atom. The van der Waals surface area contributed by atoms with Crippen LogP contribution in [0.3, 0.4) is 0 Å². The highest BCUT2D eigenvalue weighted by atomic mass is 16.5. The molecule has 0 bridgehead atoms. The molecule has 0 radical (unpaired) electrons. The van der Waals surface area contributed by atoms with Crippen LogP contribution in [0.5, 0.6) is 5.75 Å². The molecular weight excluding hydrogens is 320 g/mol. The van der Waals surface area contributed by atoms with E-state index in [2.05, 4.69) is 15.0 Å². The number of pyridine rings is 1. The standard InChI is InChI=1S/C18H20N4O3/c23-17(16-20-7-2-8-21-16)22-9-4-15-18(12-22,5-10-24-15)13-25-14-3-1-6-19-11-14/h1-3,6-8,11,15H,4-5,9-10,12-13H2/t15-,18+/m1/s1. The van der Waals surface area contributed by atoms with E-state index in [9.17, 15) is 4.79 Å². The summed E-state index contributed by atoms with van der Waals surface area (Å²) in [4.78, 5) is 26.8. The summed E-state index contributed by atoms with van der Waals surface area (Å²) < 4.78 is 11.9. The molecule has 2 aromatic heterocycles. The second-order valence-corrected chi connectivity index (χ2v) is 6.54. The molecule has 2 aromatic rings. The molecule has 4 rings (SSSR count). The largest absolute Gasteiger partial charge is 0.491 e. The van der Waals surface area contributed by atoms with Crippen LogP contribution in [0.2, 0.25) is 0 Å². The SMILES string of the molecule is O=C(c1ncccn1)N1CC[C@H]2OCC[C@@]2(COc2cccnc2)C1. The number of nitrogens with zero attached hydrogens (tertiary/aromatic N) is 4. The van der Waals surface area contributed by atoms with Crippen LogP contribution < -0.4 is 4.74 Å². The maximum Gasteiger partial charge on any atom is 0.291 e. The summed E-state index contributed by atoms with van der Waals surface area (Å²) in [5.41, 5.74) is -0.196. The number of ether oxygens (including phenoxy) is 2. The second-order valence-electron chi connectivity index (χ2n) is 6.54. The smallest absolute Gasteiger partial charge is 0.291 e. The molecule has 0 aliphatic carbocycles. The van der Waals surface area contributed by atoms with Crippen molar-refractivity contribution >= 4 is 5.91 Å². The van der Waals surface area contributed by atoms with Crippen LogP contribution in [-0.4, -0.2) is 58.2 Å². The molecule has 7 heteroatoms. The molecule has 0 spiro atoms. The van der Waals surface area contributed by atoms with Gasteiger partial charge in [-0.25, -0.2) is 9.97 Å². The van der Waals surface area contributed by atoms with Crippen LogP contribution in [0, 0.1) is 5.41 Å². The summed E-state index contributed by atoms with van der Waals surface area (Å²) in [5, 5.41) is 0. The van der Waals surface area contributed by atoms with Crippen molar-refractivity contribution in [2.24, 2.45) is 5.41 Å². The van der Waals surface area contributed by atoms with Crippen molar-refractivity contribution in [2.45, 2.75) is 18.9 Å². The van der Waals surface area contributed by atoms with Gasteiger partial charge in [-0.3, -0.25) is 9.78 Å². The molecule has 0 unspecified atom stereocenters. The third kappa shape index (κ3) is 3.19. The number of hydrogen-bond donors (Lipinski definition) is 0. The van der Waals surface area contributed by atoms with Gasteiger partial charge in [-0.2, -0.15) is 0 Å². The first kappa shape index (κ1) is 16.0.